The molecule has 0 aliphatic heterocycles. The molecule has 0 bridgehead atoms. The molecule has 2 aromatic heterocycles. The summed E-state index contributed by atoms with van der Waals surface area (Å²) in [5.74, 6) is 0. The fourth-order valence-electron chi connectivity index (χ4n) is 1.21. The molecule has 3 N–H and O–H groups in total. The first-order chi connectivity index (χ1) is 7.99. The van der Waals surface area contributed by atoms with E-state index in [-0.39, 0.29) is 0 Å². The van der Waals surface area contributed by atoms with Gasteiger partial charge in [-0.1, -0.05) is 11.3 Å². The van der Waals surface area contributed by atoms with Gasteiger partial charge in [0.25, 0.3) is 5.56 Å². The molecule has 0 radical (unpaired) electrons. The van der Waals surface area contributed by atoms with Gasteiger partial charge in [-0.25, -0.2) is 4.79 Å². The highest BCUT2D eigenvalue weighted by molar-refractivity contribution is 8.01. The molecule has 2 rings (SSSR count). The van der Waals surface area contributed by atoms with Crippen molar-refractivity contribution in [3.8, 4) is 0 Å². The highest BCUT2D eigenvalue weighted by atomic mass is 32.2. The van der Waals surface area contributed by atoms with Gasteiger partial charge in [0.15, 0.2) is 4.34 Å². The molecule has 0 aliphatic carbocycles. The summed E-state index contributed by atoms with van der Waals surface area (Å²) >= 11 is 2.55. The maximum absolute atomic E-state index is 11.8. The minimum atomic E-state index is -0.835. The average molecular weight is 271 g/mol. The largest absolute Gasteiger partial charge is 0.350 e. The van der Waals surface area contributed by atoms with Gasteiger partial charge < -0.3 is 5.73 Å². The van der Waals surface area contributed by atoms with E-state index in [9.17, 15) is 9.59 Å². The number of aromatic nitrogens is 4. The van der Waals surface area contributed by atoms with Crippen molar-refractivity contribution in [2.24, 2.45) is 5.73 Å². The maximum Gasteiger partial charge on any atom is 0.341 e. The number of hydrogen-bond donors (Lipinski definition) is 2. The van der Waals surface area contributed by atoms with Gasteiger partial charge >= 0.3 is 6.03 Å². The van der Waals surface area contributed by atoms with Crippen LogP contribution in [0.25, 0.3) is 0 Å². The Labute approximate surface area is 104 Å². The molecule has 90 valence electrons. The van der Waals surface area contributed by atoms with Crippen LogP contribution in [-0.4, -0.2) is 26.0 Å². The Morgan fingerprint density at radius 2 is 2.18 bits per heavy atom. The van der Waals surface area contributed by atoms with E-state index in [4.69, 9.17) is 5.73 Å². The summed E-state index contributed by atoms with van der Waals surface area (Å²) in [5, 5.41) is 11.2. The smallest absolute Gasteiger partial charge is 0.341 e. The summed E-state index contributed by atoms with van der Waals surface area (Å²) in [6.45, 7) is 3.52. The number of aryl methyl sites for hydroxylation is 2. The van der Waals surface area contributed by atoms with Gasteiger partial charge in [0.05, 0.1) is 0 Å². The molecule has 0 aliphatic rings. The van der Waals surface area contributed by atoms with Crippen LogP contribution >= 0.6 is 23.1 Å². The minimum absolute atomic E-state index is 0.403. The second-order valence-electron chi connectivity index (χ2n) is 3.23. The molecular weight excluding hydrogens is 262 g/mol. The Kier molecular flexibility index (Phi) is 3.03. The number of aromatic amines is 1. The third-order valence-electron chi connectivity index (χ3n) is 1.93. The SMILES string of the molecule is Cc1nnc(Sc2c(C)[nH]n(C(N)=O)c2=O)s1. The zero-order chi connectivity index (χ0) is 12.6. The van der Waals surface area contributed by atoms with Crippen molar-refractivity contribution in [2.75, 3.05) is 0 Å². The van der Waals surface area contributed by atoms with Crippen LogP contribution in [0.3, 0.4) is 0 Å². The van der Waals surface area contributed by atoms with E-state index in [0.717, 1.165) is 9.69 Å². The van der Waals surface area contributed by atoms with E-state index in [1.54, 1.807) is 6.92 Å². The molecule has 7 nitrogen and oxygen atoms in total. The third-order valence-corrected chi connectivity index (χ3v) is 4.01. The van der Waals surface area contributed by atoms with Crippen molar-refractivity contribution in [3.63, 3.8) is 0 Å². The molecule has 2 heterocycles. The summed E-state index contributed by atoms with van der Waals surface area (Å²) < 4.78 is 1.42. The summed E-state index contributed by atoms with van der Waals surface area (Å²) in [6.07, 6.45) is 0. The van der Waals surface area contributed by atoms with Crippen LogP contribution < -0.4 is 11.3 Å². The van der Waals surface area contributed by atoms with Crippen molar-refractivity contribution >= 4 is 29.1 Å². The van der Waals surface area contributed by atoms with Gasteiger partial charge in [-0.3, -0.25) is 9.89 Å². The van der Waals surface area contributed by atoms with Crippen LogP contribution in [0, 0.1) is 13.8 Å². The summed E-state index contributed by atoms with van der Waals surface area (Å²) in [5.41, 5.74) is 5.16. The zero-order valence-corrected chi connectivity index (χ0v) is 10.7. The summed E-state index contributed by atoms with van der Waals surface area (Å²) in [7, 11) is 0. The second kappa shape index (κ2) is 4.34. The number of nitrogens with zero attached hydrogens (tertiary/aromatic N) is 3. The lowest BCUT2D eigenvalue weighted by atomic mass is 10.5. The molecule has 1 amide bonds. The van der Waals surface area contributed by atoms with Gasteiger partial charge in [0.1, 0.15) is 9.90 Å². The zero-order valence-electron chi connectivity index (χ0n) is 9.05. The van der Waals surface area contributed by atoms with Crippen LogP contribution in [0.15, 0.2) is 14.0 Å². The summed E-state index contributed by atoms with van der Waals surface area (Å²) in [6, 6.07) is -0.835. The van der Waals surface area contributed by atoms with E-state index in [1.807, 2.05) is 6.92 Å². The Morgan fingerprint density at radius 3 is 2.65 bits per heavy atom. The molecule has 2 aromatic rings. The molecule has 17 heavy (non-hydrogen) atoms. The van der Waals surface area contributed by atoms with Crippen molar-refractivity contribution in [3.05, 3.63) is 21.1 Å². The molecule has 0 saturated carbocycles. The topological polar surface area (TPSA) is 107 Å². The highest BCUT2D eigenvalue weighted by Crippen LogP contribution is 2.29. The van der Waals surface area contributed by atoms with E-state index in [1.165, 1.54) is 23.1 Å². The average Bonchev–Trinajstić information content (AvgIpc) is 2.77. The van der Waals surface area contributed by atoms with Gasteiger partial charge in [-0.05, 0) is 25.6 Å². The van der Waals surface area contributed by atoms with Gasteiger partial charge in [0, 0.05) is 5.69 Å². The number of carbonyl (C=O) groups excluding carboxylic acids is 1. The lowest BCUT2D eigenvalue weighted by Crippen LogP contribution is -2.30. The Bertz CT molecular complexity index is 626. The molecular formula is C8H9N5O2S2. The van der Waals surface area contributed by atoms with Crippen LogP contribution in [0.1, 0.15) is 10.7 Å². The Balaban J connectivity index is 2.40. The quantitative estimate of drug-likeness (QED) is 0.837. The van der Waals surface area contributed by atoms with Crippen molar-refractivity contribution in [1.82, 2.24) is 20.0 Å². The molecule has 0 unspecified atom stereocenters. The van der Waals surface area contributed by atoms with Crippen LogP contribution in [0.5, 0.6) is 0 Å². The number of carbonyl (C=O) groups is 1. The molecule has 0 atom stereocenters. The minimum Gasteiger partial charge on any atom is -0.350 e. The number of amides is 1. The van der Waals surface area contributed by atoms with Gasteiger partial charge in [0.2, 0.25) is 0 Å². The Morgan fingerprint density at radius 1 is 1.47 bits per heavy atom. The van der Waals surface area contributed by atoms with Crippen LogP contribution in [0.4, 0.5) is 4.79 Å². The first kappa shape index (κ1) is 11.9. The van der Waals surface area contributed by atoms with E-state index < -0.39 is 11.6 Å². The van der Waals surface area contributed by atoms with Gasteiger partial charge in [-0.15, -0.1) is 10.2 Å². The highest BCUT2D eigenvalue weighted by Gasteiger charge is 2.16. The van der Waals surface area contributed by atoms with E-state index in [2.05, 4.69) is 15.3 Å². The molecule has 0 spiro atoms. The van der Waals surface area contributed by atoms with Crippen molar-refractivity contribution in [2.45, 2.75) is 23.1 Å². The monoisotopic (exact) mass is 271 g/mol. The van der Waals surface area contributed by atoms with Crippen molar-refractivity contribution in [1.29, 1.82) is 0 Å². The number of H-pyrrole nitrogens is 1. The third kappa shape index (κ3) is 2.24. The normalized spacial score (nSPS) is 10.7. The lowest BCUT2D eigenvalue weighted by molar-refractivity contribution is 0.247. The molecule has 9 heteroatoms. The fourth-order valence-corrected chi connectivity index (χ4v) is 3.04. The fraction of sp³-hybridized carbons (Fsp3) is 0.250. The summed E-state index contributed by atoms with van der Waals surface area (Å²) in [4.78, 5) is 23.2. The molecule has 0 saturated heterocycles. The first-order valence-electron chi connectivity index (χ1n) is 4.58. The second-order valence-corrected chi connectivity index (χ2v) is 5.67. The maximum atomic E-state index is 11.8. The predicted octanol–water partition coefficient (Wildman–Crippen LogP) is 0.723. The standard InChI is InChI=1S/C8H9N5O2S2/c1-3-5(6(14)13(12-3)7(9)15)17-8-11-10-4(2)16-8/h12H,1-2H3,(H2,9,15). The van der Waals surface area contributed by atoms with E-state index >= 15 is 0 Å². The number of rotatable bonds is 2. The van der Waals surface area contributed by atoms with Crippen molar-refractivity contribution < 1.29 is 4.79 Å². The predicted molar refractivity (Wildman–Crippen MR) is 63.5 cm³/mol. The van der Waals surface area contributed by atoms with Crippen LogP contribution in [0.2, 0.25) is 0 Å². The first-order valence-corrected chi connectivity index (χ1v) is 6.21. The molecule has 0 fully saturated rings. The number of hydrogen-bond acceptors (Lipinski definition) is 6. The molecule has 0 aromatic carbocycles. The number of nitrogens with one attached hydrogen (secondary N) is 1. The number of primary amides is 1. The van der Waals surface area contributed by atoms with Gasteiger partial charge in [-0.2, -0.15) is 4.68 Å². The Hall–Kier alpha value is -1.61. The van der Waals surface area contributed by atoms with E-state index in [0.29, 0.717) is 14.9 Å². The van der Waals surface area contributed by atoms with Crippen LogP contribution in [-0.2, 0) is 0 Å². The lowest BCUT2D eigenvalue weighted by Gasteiger charge is -1.90. The number of nitrogens with two attached hydrogens (primary N) is 1.